The van der Waals surface area contributed by atoms with Gasteiger partial charge in [0.1, 0.15) is 24.0 Å². The van der Waals surface area contributed by atoms with Crippen molar-refractivity contribution in [3.05, 3.63) is 75.9 Å². The molecule has 0 radical (unpaired) electrons. The van der Waals surface area contributed by atoms with Gasteiger partial charge in [-0.05, 0) is 36.8 Å². The molecule has 0 atom stereocenters. The van der Waals surface area contributed by atoms with Gasteiger partial charge in [-0.3, -0.25) is 14.2 Å². The van der Waals surface area contributed by atoms with Gasteiger partial charge in [0.15, 0.2) is 5.65 Å². The van der Waals surface area contributed by atoms with Crippen molar-refractivity contribution < 1.29 is 9.53 Å². The minimum absolute atomic E-state index is 0.180. The van der Waals surface area contributed by atoms with Crippen LogP contribution >= 0.6 is 11.6 Å². The molecular weight excluding hydrogens is 406 g/mol. The highest BCUT2D eigenvalue weighted by atomic mass is 35.5. The van der Waals surface area contributed by atoms with Crippen molar-refractivity contribution in [3.63, 3.8) is 0 Å². The first-order valence-corrected chi connectivity index (χ1v) is 9.47. The molecule has 0 saturated heterocycles. The summed E-state index contributed by atoms with van der Waals surface area (Å²) in [5.41, 5.74) is 2.29. The van der Waals surface area contributed by atoms with E-state index in [1.165, 1.54) is 17.1 Å². The fourth-order valence-electron chi connectivity index (χ4n) is 3.10. The Bertz CT molecular complexity index is 1310. The molecule has 8 nitrogen and oxygen atoms in total. The third-order valence-corrected chi connectivity index (χ3v) is 4.86. The largest absolute Gasteiger partial charge is 0.497 e. The number of carbonyl (C=O) groups is 1. The van der Waals surface area contributed by atoms with Crippen LogP contribution in [-0.2, 0) is 11.3 Å². The van der Waals surface area contributed by atoms with Crippen LogP contribution in [-0.4, -0.2) is 32.3 Å². The molecule has 9 heteroatoms. The van der Waals surface area contributed by atoms with Crippen molar-refractivity contribution in [3.8, 4) is 11.4 Å². The topological polar surface area (TPSA) is 91.0 Å². The van der Waals surface area contributed by atoms with Crippen LogP contribution in [0.1, 0.15) is 5.56 Å². The smallest absolute Gasteiger partial charge is 0.264 e. The number of nitrogens with one attached hydrogen (secondary N) is 1. The summed E-state index contributed by atoms with van der Waals surface area (Å²) in [6, 6.07) is 12.4. The molecule has 0 aliphatic rings. The van der Waals surface area contributed by atoms with E-state index >= 15 is 0 Å². The lowest BCUT2D eigenvalue weighted by atomic mass is 10.2. The summed E-state index contributed by atoms with van der Waals surface area (Å²) in [6.07, 6.45) is 2.79. The lowest BCUT2D eigenvalue weighted by Gasteiger charge is -2.09. The van der Waals surface area contributed by atoms with Crippen LogP contribution in [0.4, 0.5) is 5.69 Å². The number of carbonyl (C=O) groups excluding carboxylic acids is 1. The number of hydrogen-bond acceptors (Lipinski definition) is 5. The van der Waals surface area contributed by atoms with Crippen LogP contribution in [0.3, 0.4) is 0 Å². The molecule has 2 heterocycles. The number of methoxy groups -OCH3 is 1. The van der Waals surface area contributed by atoms with Gasteiger partial charge in [0.25, 0.3) is 5.56 Å². The van der Waals surface area contributed by atoms with Crippen molar-refractivity contribution >= 4 is 34.2 Å². The number of rotatable bonds is 5. The van der Waals surface area contributed by atoms with E-state index in [2.05, 4.69) is 15.4 Å². The van der Waals surface area contributed by atoms with Gasteiger partial charge in [-0.25, -0.2) is 9.67 Å². The summed E-state index contributed by atoms with van der Waals surface area (Å²) in [7, 11) is 1.55. The molecule has 0 unspecified atom stereocenters. The molecule has 2 aromatic heterocycles. The second-order valence-electron chi connectivity index (χ2n) is 6.68. The molecule has 30 heavy (non-hydrogen) atoms. The van der Waals surface area contributed by atoms with Crippen molar-refractivity contribution in [1.82, 2.24) is 19.3 Å². The predicted octanol–water partition coefficient (Wildman–Crippen LogP) is 3.19. The number of halogens is 1. The van der Waals surface area contributed by atoms with Crippen LogP contribution in [0, 0.1) is 6.92 Å². The first-order chi connectivity index (χ1) is 14.5. The Morgan fingerprint density at radius 1 is 1.23 bits per heavy atom. The summed E-state index contributed by atoms with van der Waals surface area (Å²) in [5, 5.41) is 7.91. The first-order valence-electron chi connectivity index (χ1n) is 9.10. The van der Waals surface area contributed by atoms with E-state index in [4.69, 9.17) is 16.3 Å². The molecule has 0 fully saturated rings. The van der Waals surface area contributed by atoms with Gasteiger partial charge in [0, 0.05) is 16.8 Å². The standard InChI is InChI=1S/C21H18ClN5O3/c1-13-6-7-14(22)8-18(13)27-20-17(10-24-27)21(29)26(12-23-20)11-19(28)25-15-4-3-5-16(9-15)30-2/h3-10,12H,11H2,1-2H3,(H,25,28). The van der Waals surface area contributed by atoms with Crippen LogP contribution in [0.25, 0.3) is 16.7 Å². The average molecular weight is 424 g/mol. The normalized spacial score (nSPS) is 10.9. The fourth-order valence-corrected chi connectivity index (χ4v) is 3.27. The lowest BCUT2D eigenvalue weighted by Crippen LogP contribution is -2.27. The highest BCUT2D eigenvalue weighted by Crippen LogP contribution is 2.21. The summed E-state index contributed by atoms with van der Waals surface area (Å²) in [6.45, 7) is 1.74. The number of anilines is 1. The molecule has 0 bridgehead atoms. The molecule has 1 N–H and O–H groups in total. The third-order valence-electron chi connectivity index (χ3n) is 4.62. The van der Waals surface area contributed by atoms with Gasteiger partial charge in [0.05, 0.1) is 19.0 Å². The van der Waals surface area contributed by atoms with Gasteiger partial charge < -0.3 is 10.1 Å². The zero-order valence-electron chi connectivity index (χ0n) is 16.3. The number of hydrogen-bond donors (Lipinski definition) is 1. The Balaban J connectivity index is 1.62. The first kappa shape index (κ1) is 19.7. The Morgan fingerprint density at radius 2 is 2.07 bits per heavy atom. The minimum Gasteiger partial charge on any atom is -0.497 e. The van der Waals surface area contributed by atoms with E-state index in [9.17, 15) is 9.59 Å². The summed E-state index contributed by atoms with van der Waals surface area (Å²) < 4.78 is 7.96. The maximum absolute atomic E-state index is 12.9. The van der Waals surface area contributed by atoms with Crippen LogP contribution in [0.5, 0.6) is 5.75 Å². The van der Waals surface area contributed by atoms with Crippen LogP contribution in [0.15, 0.2) is 59.8 Å². The molecule has 0 saturated carbocycles. The van der Waals surface area contributed by atoms with Gasteiger partial charge in [-0.2, -0.15) is 5.10 Å². The Kier molecular flexibility index (Phi) is 5.24. The number of aromatic nitrogens is 4. The maximum Gasteiger partial charge on any atom is 0.264 e. The SMILES string of the molecule is COc1cccc(NC(=O)Cn2cnc3c(cnn3-c3cc(Cl)ccc3C)c2=O)c1. The van der Waals surface area contributed by atoms with Gasteiger partial charge in [-0.15, -0.1) is 0 Å². The van der Waals surface area contributed by atoms with Crippen molar-refractivity contribution in [2.45, 2.75) is 13.5 Å². The Labute approximate surface area is 176 Å². The molecule has 4 aromatic rings. The summed E-state index contributed by atoms with van der Waals surface area (Å²) >= 11 is 6.10. The minimum atomic E-state index is -0.357. The molecular formula is C21H18ClN5O3. The van der Waals surface area contributed by atoms with Crippen molar-refractivity contribution in [1.29, 1.82) is 0 Å². The zero-order valence-corrected chi connectivity index (χ0v) is 17.1. The highest BCUT2D eigenvalue weighted by Gasteiger charge is 2.15. The second-order valence-corrected chi connectivity index (χ2v) is 7.12. The van der Waals surface area contributed by atoms with E-state index in [0.29, 0.717) is 27.5 Å². The van der Waals surface area contributed by atoms with Gasteiger partial charge in [-0.1, -0.05) is 23.7 Å². The second kappa shape index (κ2) is 8.00. The number of benzene rings is 2. The predicted molar refractivity (Wildman–Crippen MR) is 114 cm³/mol. The number of ether oxygens (including phenoxy) is 1. The number of amides is 1. The van der Waals surface area contributed by atoms with Gasteiger partial charge in [0.2, 0.25) is 5.91 Å². The summed E-state index contributed by atoms with van der Waals surface area (Å²) in [4.78, 5) is 29.6. The quantitative estimate of drug-likeness (QED) is 0.532. The molecule has 152 valence electrons. The molecule has 0 aliphatic carbocycles. The average Bonchev–Trinajstić information content (AvgIpc) is 3.16. The zero-order chi connectivity index (χ0) is 21.3. The van der Waals surface area contributed by atoms with E-state index < -0.39 is 0 Å². The number of fused-ring (bicyclic) bond motifs is 1. The van der Waals surface area contributed by atoms with Crippen LogP contribution in [0.2, 0.25) is 5.02 Å². The van der Waals surface area contributed by atoms with Crippen molar-refractivity contribution in [2.24, 2.45) is 0 Å². The van der Waals surface area contributed by atoms with E-state index in [-0.39, 0.29) is 18.0 Å². The maximum atomic E-state index is 12.9. The van der Waals surface area contributed by atoms with Crippen molar-refractivity contribution in [2.75, 3.05) is 12.4 Å². The lowest BCUT2D eigenvalue weighted by molar-refractivity contribution is -0.116. The molecule has 1 amide bonds. The molecule has 2 aromatic carbocycles. The number of nitrogens with zero attached hydrogens (tertiary/aromatic N) is 4. The highest BCUT2D eigenvalue weighted by molar-refractivity contribution is 6.30. The van der Waals surface area contributed by atoms with Crippen LogP contribution < -0.4 is 15.6 Å². The van der Waals surface area contributed by atoms with E-state index in [1.807, 2.05) is 13.0 Å². The summed E-state index contributed by atoms with van der Waals surface area (Å²) in [5.74, 6) is 0.265. The molecule has 4 rings (SSSR count). The van der Waals surface area contributed by atoms with E-state index in [0.717, 1.165) is 11.3 Å². The molecule has 0 aliphatic heterocycles. The molecule has 0 spiro atoms. The fraction of sp³-hybridized carbons (Fsp3) is 0.143. The Morgan fingerprint density at radius 3 is 2.87 bits per heavy atom. The van der Waals surface area contributed by atoms with E-state index in [1.54, 1.807) is 48.2 Å². The monoisotopic (exact) mass is 423 g/mol. The third kappa shape index (κ3) is 3.77. The number of aryl methyl sites for hydroxylation is 1. The van der Waals surface area contributed by atoms with Gasteiger partial charge >= 0.3 is 0 Å². The Hall–Kier alpha value is -3.65.